The summed E-state index contributed by atoms with van der Waals surface area (Å²) in [6, 6.07) is 2.82. The predicted molar refractivity (Wildman–Crippen MR) is 107 cm³/mol. The molecule has 2 N–H and O–H groups in total. The quantitative estimate of drug-likeness (QED) is 0.474. The highest BCUT2D eigenvalue weighted by molar-refractivity contribution is 6.04. The molecule has 1 amide bonds. The molecular formula is C20H16F2N6O3. The molecule has 1 atom stereocenters. The Bertz CT molecular complexity index is 1160. The minimum absolute atomic E-state index is 0.00491. The van der Waals surface area contributed by atoms with E-state index in [9.17, 15) is 18.7 Å². The van der Waals surface area contributed by atoms with Gasteiger partial charge in [-0.2, -0.15) is 4.98 Å². The lowest BCUT2D eigenvalue weighted by molar-refractivity contribution is -0.120. The van der Waals surface area contributed by atoms with E-state index in [4.69, 9.17) is 10.9 Å². The van der Waals surface area contributed by atoms with E-state index in [0.29, 0.717) is 17.3 Å². The van der Waals surface area contributed by atoms with Crippen LogP contribution in [0.25, 0.3) is 0 Å². The van der Waals surface area contributed by atoms with Crippen LogP contribution in [-0.2, 0) is 11.3 Å². The maximum atomic E-state index is 13.6. The summed E-state index contributed by atoms with van der Waals surface area (Å²) < 4.78 is 32.4. The number of benzene rings is 1. The Balaban J connectivity index is 1.73. The molecule has 0 saturated carbocycles. The summed E-state index contributed by atoms with van der Waals surface area (Å²) >= 11 is 0. The summed E-state index contributed by atoms with van der Waals surface area (Å²) in [4.78, 5) is 24.6. The summed E-state index contributed by atoms with van der Waals surface area (Å²) in [5.74, 6) is -0.224. The van der Waals surface area contributed by atoms with Gasteiger partial charge in [0.15, 0.2) is 29.0 Å². The smallest absolute Gasteiger partial charge is 0.250 e. The van der Waals surface area contributed by atoms with Crippen molar-refractivity contribution < 1.29 is 23.2 Å². The Morgan fingerprint density at radius 1 is 1.35 bits per heavy atom. The number of anilines is 4. The molecule has 0 spiro atoms. The molecule has 1 aliphatic rings. The van der Waals surface area contributed by atoms with E-state index in [1.165, 1.54) is 17.3 Å². The van der Waals surface area contributed by atoms with Gasteiger partial charge in [0.1, 0.15) is 11.7 Å². The number of hydrogen-bond acceptors (Lipinski definition) is 8. The summed E-state index contributed by atoms with van der Waals surface area (Å²) in [5.41, 5.74) is 0.387. The van der Waals surface area contributed by atoms with Crippen LogP contribution in [0.1, 0.15) is 12.7 Å². The fraction of sp³-hybridized carbons (Fsp3) is 0.200. The first-order valence-corrected chi connectivity index (χ1v) is 9.12. The number of halogens is 2. The summed E-state index contributed by atoms with van der Waals surface area (Å²) in [6.07, 6.45) is 8.35. The molecule has 0 saturated heterocycles. The molecule has 3 heterocycles. The third-order valence-electron chi connectivity index (χ3n) is 4.74. The highest BCUT2D eigenvalue weighted by atomic mass is 19.1. The lowest BCUT2D eigenvalue weighted by atomic mass is 10.1. The van der Waals surface area contributed by atoms with Gasteiger partial charge in [0.25, 0.3) is 0 Å². The van der Waals surface area contributed by atoms with Crippen LogP contribution in [0.5, 0.6) is 5.75 Å². The zero-order valence-electron chi connectivity index (χ0n) is 16.2. The summed E-state index contributed by atoms with van der Waals surface area (Å²) in [7, 11) is 0. The SMILES string of the molecule is C#CCN1c2nc(Nc3cc(F)c(O)c(F)c3)ncc2N(Cc2ccno2)C(=O)[C@@H]1C. The van der Waals surface area contributed by atoms with Crippen molar-refractivity contribution in [1.29, 1.82) is 0 Å². The fourth-order valence-corrected chi connectivity index (χ4v) is 3.21. The van der Waals surface area contributed by atoms with Gasteiger partial charge in [-0.05, 0) is 6.92 Å². The molecule has 0 aliphatic carbocycles. The highest BCUT2D eigenvalue weighted by Crippen LogP contribution is 2.36. The minimum Gasteiger partial charge on any atom is -0.503 e. The highest BCUT2D eigenvalue weighted by Gasteiger charge is 2.37. The normalized spacial score (nSPS) is 15.5. The van der Waals surface area contributed by atoms with Crippen LogP contribution in [0.4, 0.5) is 31.9 Å². The summed E-state index contributed by atoms with van der Waals surface area (Å²) in [5, 5.41) is 15.6. The topological polar surface area (TPSA) is 108 Å². The van der Waals surface area contributed by atoms with Gasteiger partial charge in [0.2, 0.25) is 11.9 Å². The molecule has 0 bridgehead atoms. The number of rotatable bonds is 5. The number of carbonyl (C=O) groups is 1. The van der Waals surface area contributed by atoms with Gasteiger partial charge < -0.3 is 19.8 Å². The Labute approximate surface area is 175 Å². The third kappa shape index (κ3) is 3.71. The number of nitrogens with one attached hydrogen (secondary N) is 1. The van der Waals surface area contributed by atoms with Crippen molar-refractivity contribution in [3.63, 3.8) is 0 Å². The molecule has 0 unspecified atom stereocenters. The Kier molecular flexibility index (Phi) is 5.12. The number of carbonyl (C=O) groups excluding carboxylic acids is 1. The van der Waals surface area contributed by atoms with Crippen LogP contribution >= 0.6 is 0 Å². The molecule has 158 valence electrons. The molecule has 1 aliphatic heterocycles. The van der Waals surface area contributed by atoms with Gasteiger partial charge in [-0.3, -0.25) is 9.69 Å². The largest absolute Gasteiger partial charge is 0.503 e. The number of nitrogens with zero attached hydrogens (tertiary/aromatic N) is 5. The first kappa shape index (κ1) is 20.1. The standard InChI is InChI=1S/C20H16F2N6O3/c1-3-6-27-11(2)19(30)28(10-13-4-5-24-31-13)16-9-23-20(26-18(16)27)25-12-7-14(21)17(29)15(22)8-12/h1,4-5,7-9,11,29H,6,10H2,2H3,(H,23,25,26)/t11-/m0/s1. The number of amides is 1. The molecular weight excluding hydrogens is 410 g/mol. The Hall–Kier alpha value is -4.20. The van der Waals surface area contributed by atoms with E-state index < -0.39 is 23.4 Å². The molecule has 11 heteroatoms. The molecule has 9 nitrogen and oxygen atoms in total. The molecule has 31 heavy (non-hydrogen) atoms. The minimum atomic E-state index is -1.13. The van der Waals surface area contributed by atoms with E-state index in [0.717, 1.165) is 12.1 Å². The van der Waals surface area contributed by atoms with Crippen molar-refractivity contribution >= 4 is 29.0 Å². The van der Waals surface area contributed by atoms with Gasteiger partial charge in [0, 0.05) is 23.9 Å². The second-order valence-corrected chi connectivity index (χ2v) is 6.73. The second kappa shape index (κ2) is 7.91. The third-order valence-corrected chi connectivity index (χ3v) is 4.74. The molecule has 0 radical (unpaired) electrons. The van der Waals surface area contributed by atoms with Gasteiger partial charge in [0.05, 0.1) is 25.5 Å². The summed E-state index contributed by atoms with van der Waals surface area (Å²) in [6.45, 7) is 1.91. The lowest BCUT2D eigenvalue weighted by Gasteiger charge is -2.39. The first-order chi connectivity index (χ1) is 14.9. The zero-order valence-corrected chi connectivity index (χ0v) is 16.2. The van der Waals surface area contributed by atoms with Crippen molar-refractivity contribution in [3.8, 4) is 18.1 Å². The Morgan fingerprint density at radius 2 is 2.10 bits per heavy atom. The number of aromatic hydroxyl groups is 1. The van der Waals surface area contributed by atoms with Crippen LogP contribution in [0.2, 0.25) is 0 Å². The molecule has 4 rings (SSSR count). The number of aromatic nitrogens is 3. The number of terminal acetylenes is 1. The van der Waals surface area contributed by atoms with Crippen LogP contribution in [0, 0.1) is 24.0 Å². The van der Waals surface area contributed by atoms with E-state index in [1.807, 2.05) is 0 Å². The van der Waals surface area contributed by atoms with Crippen molar-refractivity contribution in [2.45, 2.75) is 19.5 Å². The van der Waals surface area contributed by atoms with Crippen LogP contribution in [-0.4, -0.2) is 38.7 Å². The van der Waals surface area contributed by atoms with Crippen LogP contribution < -0.4 is 15.1 Å². The average molecular weight is 426 g/mol. The average Bonchev–Trinajstić information content (AvgIpc) is 3.26. The Morgan fingerprint density at radius 3 is 2.74 bits per heavy atom. The van der Waals surface area contributed by atoms with Gasteiger partial charge >= 0.3 is 0 Å². The van der Waals surface area contributed by atoms with Gasteiger partial charge in [-0.15, -0.1) is 6.42 Å². The zero-order chi connectivity index (χ0) is 22.1. The number of hydrogen-bond donors (Lipinski definition) is 2. The number of phenols is 1. The van der Waals surface area contributed by atoms with Gasteiger partial charge in [-0.1, -0.05) is 11.1 Å². The molecule has 1 aromatic carbocycles. The maximum Gasteiger partial charge on any atom is 0.250 e. The maximum absolute atomic E-state index is 13.6. The van der Waals surface area contributed by atoms with Crippen molar-refractivity contribution in [2.24, 2.45) is 0 Å². The monoisotopic (exact) mass is 426 g/mol. The van der Waals surface area contributed by atoms with Crippen LogP contribution in [0.3, 0.4) is 0 Å². The van der Waals surface area contributed by atoms with Crippen molar-refractivity contribution in [3.05, 3.63) is 48.0 Å². The number of fused-ring (bicyclic) bond motifs is 1. The van der Waals surface area contributed by atoms with E-state index in [1.54, 1.807) is 17.9 Å². The van der Waals surface area contributed by atoms with Crippen molar-refractivity contribution in [1.82, 2.24) is 15.1 Å². The van der Waals surface area contributed by atoms with Crippen molar-refractivity contribution in [2.75, 3.05) is 21.7 Å². The van der Waals surface area contributed by atoms with E-state index in [-0.39, 0.29) is 30.6 Å². The van der Waals surface area contributed by atoms with E-state index >= 15 is 0 Å². The predicted octanol–water partition coefficient (Wildman–Crippen LogP) is 2.57. The second-order valence-electron chi connectivity index (χ2n) is 6.73. The van der Waals surface area contributed by atoms with Gasteiger partial charge in [-0.25, -0.2) is 13.8 Å². The molecule has 2 aromatic heterocycles. The first-order valence-electron chi connectivity index (χ1n) is 9.12. The van der Waals surface area contributed by atoms with E-state index in [2.05, 4.69) is 26.4 Å². The lowest BCUT2D eigenvalue weighted by Crippen LogP contribution is -2.52. The van der Waals surface area contributed by atoms with Crippen LogP contribution in [0.15, 0.2) is 35.1 Å². The molecule has 3 aromatic rings. The number of phenolic OH excluding ortho intramolecular Hbond substituents is 1. The molecule has 0 fully saturated rings. The fourth-order valence-electron chi connectivity index (χ4n) is 3.21.